The lowest BCUT2D eigenvalue weighted by Gasteiger charge is -2.11. The lowest BCUT2D eigenvalue weighted by atomic mass is 10.2. The first kappa shape index (κ1) is 15.7. The number of halogens is 1. The summed E-state index contributed by atoms with van der Waals surface area (Å²) < 4.78 is 19.2. The van der Waals surface area contributed by atoms with E-state index >= 15 is 0 Å². The van der Waals surface area contributed by atoms with Crippen LogP contribution in [-0.2, 0) is 6.54 Å². The van der Waals surface area contributed by atoms with Crippen molar-refractivity contribution in [1.29, 1.82) is 0 Å². The molecule has 0 saturated carbocycles. The summed E-state index contributed by atoms with van der Waals surface area (Å²) in [6.07, 6.45) is 0.846. The molecule has 0 unspecified atom stereocenters. The van der Waals surface area contributed by atoms with Gasteiger partial charge in [0.15, 0.2) is 11.6 Å². The van der Waals surface area contributed by atoms with E-state index < -0.39 is 0 Å². The molecule has 0 amide bonds. The van der Waals surface area contributed by atoms with Gasteiger partial charge in [-0.1, -0.05) is 33.4 Å². The molecule has 19 heavy (non-hydrogen) atoms. The second kappa shape index (κ2) is 7.95. The van der Waals surface area contributed by atoms with Crippen molar-refractivity contribution in [3.8, 4) is 5.75 Å². The first-order valence-electron chi connectivity index (χ1n) is 6.81. The Bertz CT molecular complexity index is 415. The quantitative estimate of drug-likeness (QED) is 0.719. The van der Waals surface area contributed by atoms with Crippen LogP contribution >= 0.6 is 0 Å². The highest BCUT2D eigenvalue weighted by atomic mass is 19.1. The zero-order chi connectivity index (χ0) is 14.3. The van der Waals surface area contributed by atoms with E-state index in [2.05, 4.69) is 25.7 Å². The van der Waals surface area contributed by atoms with Crippen LogP contribution in [0.1, 0.15) is 32.8 Å². The first-order chi connectivity index (χ1) is 9.02. The Kier molecular flexibility index (Phi) is 6.57. The molecule has 0 radical (unpaired) electrons. The van der Waals surface area contributed by atoms with Crippen LogP contribution in [0, 0.1) is 11.7 Å². The largest absolute Gasteiger partial charge is 0.486 e. The summed E-state index contributed by atoms with van der Waals surface area (Å²) in [4.78, 5) is 0. The molecule has 0 aliphatic heterocycles. The molecule has 0 aromatic heterocycles. The van der Waals surface area contributed by atoms with Crippen LogP contribution in [0.5, 0.6) is 5.75 Å². The fraction of sp³-hybridized carbons (Fsp3) is 0.500. The summed E-state index contributed by atoms with van der Waals surface area (Å²) in [5, 5.41) is 3.29. The zero-order valence-corrected chi connectivity index (χ0v) is 12.1. The van der Waals surface area contributed by atoms with Crippen LogP contribution in [0.4, 0.5) is 4.39 Å². The number of ether oxygens (including phenoxy) is 1. The van der Waals surface area contributed by atoms with E-state index in [1.165, 1.54) is 6.07 Å². The molecule has 2 nitrogen and oxygen atoms in total. The molecular weight excluding hydrogens is 241 g/mol. The molecule has 0 bridgehead atoms. The smallest absolute Gasteiger partial charge is 0.165 e. The maximum absolute atomic E-state index is 13.8. The number of benzene rings is 1. The summed E-state index contributed by atoms with van der Waals surface area (Å²) in [5.41, 5.74) is 1.89. The highest BCUT2D eigenvalue weighted by Crippen LogP contribution is 2.19. The number of rotatable bonds is 8. The van der Waals surface area contributed by atoms with Gasteiger partial charge >= 0.3 is 0 Å². The van der Waals surface area contributed by atoms with Gasteiger partial charge in [-0.25, -0.2) is 4.39 Å². The molecule has 0 spiro atoms. The fourth-order valence-electron chi connectivity index (χ4n) is 1.56. The number of hydrogen-bond donors (Lipinski definition) is 1. The predicted molar refractivity (Wildman–Crippen MR) is 77.9 cm³/mol. The molecule has 1 rings (SSSR count). The van der Waals surface area contributed by atoms with Crippen molar-refractivity contribution in [2.45, 2.75) is 33.7 Å². The van der Waals surface area contributed by atoms with Gasteiger partial charge in [0.25, 0.3) is 0 Å². The standard InChI is InChI=1S/C16H24FNO/c1-5-13(4)11-19-16-7-6-14(8-15(16)17)10-18-9-12(2)3/h6-8,12,18H,4-5,9-11H2,1-3H3. The van der Waals surface area contributed by atoms with E-state index in [0.29, 0.717) is 24.8 Å². The van der Waals surface area contributed by atoms with Crippen molar-refractivity contribution in [2.24, 2.45) is 5.92 Å². The topological polar surface area (TPSA) is 21.3 Å². The second-order valence-electron chi connectivity index (χ2n) is 5.18. The van der Waals surface area contributed by atoms with Gasteiger partial charge in [0.2, 0.25) is 0 Å². The monoisotopic (exact) mass is 265 g/mol. The van der Waals surface area contributed by atoms with Crippen LogP contribution in [-0.4, -0.2) is 13.2 Å². The minimum atomic E-state index is -0.312. The molecule has 1 aromatic carbocycles. The van der Waals surface area contributed by atoms with Crippen molar-refractivity contribution in [3.63, 3.8) is 0 Å². The maximum Gasteiger partial charge on any atom is 0.165 e. The Balaban J connectivity index is 2.51. The van der Waals surface area contributed by atoms with Crippen molar-refractivity contribution < 1.29 is 9.13 Å². The lowest BCUT2D eigenvalue weighted by molar-refractivity contribution is 0.329. The summed E-state index contributed by atoms with van der Waals surface area (Å²) in [6, 6.07) is 5.10. The van der Waals surface area contributed by atoms with Gasteiger partial charge in [-0.2, -0.15) is 0 Å². The van der Waals surface area contributed by atoms with Gasteiger partial charge < -0.3 is 10.1 Å². The molecule has 0 atom stereocenters. The third kappa shape index (κ3) is 5.88. The average molecular weight is 265 g/mol. The van der Waals surface area contributed by atoms with E-state index in [1.807, 2.05) is 13.0 Å². The Morgan fingerprint density at radius 3 is 2.74 bits per heavy atom. The fourth-order valence-corrected chi connectivity index (χ4v) is 1.56. The van der Waals surface area contributed by atoms with Crippen LogP contribution in [0.2, 0.25) is 0 Å². The molecule has 0 saturated heterocycles. The van der Waals surface area contributed by atoms with Crippen LogP contribution < -0.4 is 10.1 Å². The van der Waals surface area contributed by atoms with Crippen molar-refractivity contribution in [1.82, 2.24) is 5.32 Å². The third-order valence-electron chi connectivity index (χ3n) is 2.81. The van der Waals surface area contributed by atoms with E-state index in [9.17, 15) is 4.39 Å². The molecular formula is C16H24FNO. The summed E-state index contributed by atoms with van der Waals surface area (Å²) >= 11 is 0. The predicted octanol–water partition coefficient (Wildman–Crippen LogP) is 3.92. The maximum atomic E-state index is 13.8. The third-order valence-corrected chi connectivity index (χ3v) is 2.81. The molecule has 0 aliphatic rings. The molecule has 0 fully saturated rings. The highest BCUT2D eigenvalue weighted by molar-refractivity contribution is 5.29. The van der Waals surface area contributed by atoms with Crippen LogP contribution in [0.25, 0.3) is 0 Å². The van der Waals surface area contributed by atoms with E-state index in [0.717, 1.165) is 24.1 Å². The summed E-state index contributed by atoms with van der Waals surface area (Å²) in [5.74, 6) is 0.572. The minimum Gasteiger partial charge on any atom is -0.486 e. The van der Waals surface area contributed by atoms with Gasteiger partial charge in [0.1, 0.15) is 6.61 Å². The van der Waals surface area contributed by atoms with Crippen LogP contribution in [0.3, 0.4) is 0 Å². The lowest BCUT2D eigenvalue weighted by Crippen LogP contribution is -2.19. The van der Waals surface area contributed by atoms with Crippen LogP contribution in [0.15, 0.2) is 30.4 Å². The Hall–Kier alpha value is -1.35. The Morgan fingerprint density at radius 2 is 2.16 bits per heavy atom. The molecule has 0 heterocycles. The molecule has 0 aliphatic carbocycles. The van der Waals surface area contributed by atoms with Gasteiger partial charge in [0, 0.05) is 6.54 Å². The Morgan fingerprint density at radius 1 is 1.42 bits per heavy atom. The van der Waals surface area contributed by atoms with Gasteiger partial charge in [-0.05, 0) is 42.2 Å². The molecule has 1 aromatic rings. The molecule has 3 heteroatoms. The van der Waals surface area contributed by atoms with E-state index in [1.54, 1.807) is 6.07 Å². The number of hydrogen-bond acceptors (Lipinski definition) is 2. The normalized spacial score (nSPS) is 10.8. The van der Waals surface area contributed by atoms with Crippen molar-refractivity contribution in [2.75, 3.05) is 13.2 Å². The highest BCUT2D eigenvalue weighted by Gasteiger charge is 2.05. The summed E-state index contributed by atoms with van der Waals surface area (Å²) in [7, 11) is 0. The SMILES string of the molecule is C=C(CC)COc1ccc(CNCC(C)C)cc1F. The average Bonchev–Trinajstić information content (AvgIpc) is 2.37. The Labute approximate surface area is 115 Å². The van der Waals surface area contributed by atoms with E-state index in [4.69, 9.17) is 4.74 Å². The minimum absolute atomic E-state index is 0.294. The first-order valence-corrected chi connectivity index (χ1v) is 6.81. The van der Waals surface area contributed by atoms with Gasteiger partial charge in [-0.15, -0.1) is 0 Å². The molecule has 106 valence electrons. The zero-order valence-electron chi connectivity index (χ0n) is 12.1. The van der Waals surface area contributed by atoms with E-state index in [-0.39, 0.29) is 5.82 Å². The van der Waals surface area contributed by atoms with Crippen molar-refractivity contribution >= 4 is 0 Å². The summed E-state index contributed by atoms with van der Waals surface area (Å²) in [6.45, 7) is 12.1. The molecule has 1 N–H and O–H groups in total. The van der Waals surface area contributed by atoms with Gasteiger partial charge in [-0.3, -0.25) is 0 Å². The second-order valence-corrected chi connectivity index (χ2v) is 5.18. The van der Waals surface area contributed by atoms with Gasteiger partial charge in [0.05, 0.1) is 0 Å². The number of nitrogens with one attached hydrogen (secondary N) is 1. The van der Waals surface area contributed by atoms with Crippen molar-refractivity contribution in [3.05, 3.63) is 41.7 Å².